The molecule has 0 bridgehead atoms. The number of thiocarbonyl (C=S) groups is 1. The van der Waals surface area contributed by atoms with E-state index in [0.29, 0.717) is 12.1 Å². The van der Waals surface area contributed by atoms with Gasteiger partial charge in [0.05, 0.1) is 6.61 Å². The van der Waals surface area contributed by atoms with Gasteiger partial charge in [-0.3, -0.25) is 4.90 Å². The van der Waals surface area contributed by atoms with E-state index in [-0.39, 0.29) is 23.5 Å². The Labute approximate surface area is 106 Å². The van der Waals surface area contributed by atoms with Crippen LogP contribution in [0.25, 0.3) is 0 Å². The molecule has 0 heterocycles. The van der Waals surface area contributed by atoms with Gasteiger partial charge in [0.1, 0.15) is 10.8 Å². The maximum absolute atomic E-state index is 13.1. The predicted molar refractivity (Wildman–Crippen MR) is 70.3 cm³/mol. The Morgan fingerprint density at radius 2 is 2.24 bits per heavy atom. The minimum atomic E-state index is -0.352. The number of aliphatic hydroxyl groups excluding tert-OH is 1. The molecule has 94 valence electrons. The minimum absolute atomic E-state index is 0.0271. The highest BCUT2D eigenvalue weighted by atomic mass is 32.1. The molecule has 0 saturated carbocycles. The lowest BCUT2D eigenvalue weighted by Gasteiger charge is -2.23. The number of nitrogens with zero attached hydrogens (tertiary/aromatic N) is 1. The monoisotopic (exact) mass is 256 g/mol. The number of hydrogen-bond acceptors (Lipinski definition) is 3. The molecule has 1 aromatic carbocycles. The van der Waals surface area contributed by atoms with Crippen LogP contribution in [0.2, 0.25) is 0 Å². The number of rotatable bonds is 5. The molecule has 0 fully saturated rings. The Morgan fingerprint density at radius 3 is 2.76 bits per heavy atom. The molecule has 1 aromatic rings. The first-order valence-electron chi connectivity index (χ1n) is 5.35. The molecule has 17 heavy (non-hydrogen) atoms. The zero-order valence-electron chi connectivity index (χ0n) is 9.98. The first kappa shape index (κ1) is 14.0. The molecule has 0 saturated heterocycles. The summed E-state index contributed by atoms with van der Waals surface area (Å²) in [6.45, 7) is 2.54. The number of likely N-dealkylation sites (N-methyl/N-ethyl adjacent to an activating group) is 1. The van der Waals surface area contributed by atoms with E-state index in [2.05, 4.69) is 0 Å². The minimum Gasteiger partial charge on any atom is -0.395 e. The van der Waals surface area contributed by atoms with Crippen molar-refractivity contribution < 1.29 is 9.50 Å². The normalized spacial score (nSPS) is 12.8. The van der Waals surface area contributed by atoms with Crippen LogP contribution in [0, 0.1) is 5.82 Å². The zero-order valence-corrected chi connectivity index (χ0v) is 10.8. The average Bonchev–Trinajstić information content (AvgIpc) is 2.29. The van der Waals surface area contributed by atoms with Crippen molar-refractivity contribution in [1.29, 1.82) is 0 Å². The Bertz CT molecular complexity index is 411. The molecular formula is C12H17FN2OS. The van der Waals surface area contributed by atoms with Crippen LogP contribution in [0.5, 0.6) is 0 Å². The van der Waals surface area contributed by atoms with E-state index in [9.17, 15) is 4.39 Å². The van der Waals surface area contributed by atoms with Crippen molar-refractivity contribution in [3.05, 3.63) is 35.1 Å². The standard InChI is InChI=1S/C12H17FN2OS/c1-8(7-16)15(2)6-9-3-4-10(13)5-11(9)12(14)17/h3-5,8,16H,6-7H2,1-2H3,(H2,14,17). The highest BCUT2D eigenvalue weighted by molar-refractivity contribution is 7.80. The molecule has 1 unspecified atom stereocenters. The Morgan fingerprint density at radius 1 is 1.59 bits per heavy atom. The summed E-state index contributed by atoms with van der Waals surface area (Å²) >= 11 is 4.90. The fourth-order valence-electron chi connectivity index (χ4n) is 1.48. The molecule has 1 atom stereocenters. The van der Waals surface area contributed by atoms with E-state index < -0.39 is 0 Å². The Balaban J connectivity index is 2.94. The smallest absolute Gasteiger partial charge is 0.123 e. The van der Waals surface area contributed by atoms with Gasteiger partial charge in [-0.15, -0.1) is 0 Å². The van der Waals surface area contributed by atoms with Crippen molar-refractivity contribution >= 4 is 17.2 Å². The van der Waals surface area contributed by atoms with Gasteiger partial charge < -0.3 is 10.8 Å². The average molecular weight is 256 g/mol. The fraction of sp³-hybridized carbons (Fsp3) is 0.417. The number of halogens is 1. The molecular weight excluding hydrogens is 239 g/mol. The van der Waals surface area contributed by atoms with Crippen molar-refractivity contribution in [3.8, 4) is 0 Å². The van der Waals surface area contributed by atoms with E-state index in [1.165, 1.54) is 12.1 Å². The predicted octanol–water partition coefficient (Wildman–Crippen LogP) is 1.27. The van der Waals surface area contributed by atoms with Crippen LogP contribution >= 0.6 is 12.2 Å². The highest BCUT2D eigenvalue weighted by Gasteiger charge is 2.12. The summed E-state index contributed by atoms with van der Waals surface area (Å²) in [5.74, 6) is -0.352. The summed E-state index contributed by atoms with van der Waals surface area (Å²) in [5.41, 5.74) is 6.98. The van der Waals surface area contributed by atoms with Crippen molar-refractivity contribution in [2.75, 3.05) is 13.7 Å². The van der Waals surface area contributed by atoms with Gasteiger partial charge in [0.15, 0.2) is 0 Å². The van der Waals surface area contributed by atoms with Crippen LogP contribution in [0.1, 0.15) is 18.1 Å². The van der Waals surface area contributed by atoms with Gasteiger partial charge in [0, 0.05) is 18.2 Å². The van der Waals surface area contributed by atoms with Crippen molar-refractivity contribution in [2.45, 2.75) is 19.5 Å². The maximum atomic E-state index is 13.1. The quantitative estimate of drug-likeness (QED) is 0.779. The van der Waals surface area contributed by atoms with Gasteiger partial charge in [-0.1, -0.05) is 18.3 Å². The molecule has 3 N–H and O–H groups in total. The van der Waals surface area contributed by atoms with E-state index in [4.69, 9.17) is 23.1 Å². The molecule has 0 aliphatic rings. The van der Waals surface area contributed by atoms with E-state index in [1.807, 2.05) is 18.9 Å². The van der Waals surface area contributed by atoms with Gasteiger partial charge in [-0.25, -0.2) is 4.39 Å². The van der Waals surface area contributed by atoms with Crippen molar-refractivity contribution in [3.63, 3.8) is 0 Å². The molecule has 0 radical (unpaired) electrons. The number of benzene rings is 1. The topological polar surface area (TPSA) is 49.5 Å². The van der Waals surface area contributed by atoms with Gasteiger partial charge in [0.2, 0.25) is 0 Å². The number of aliphatic hydroxyl groups is 1. The van der Waals surface area contributed by atoms with Gasteiger partial charge in [-0.05, 0) is 31.7 Å². The lowest BCUT2D eigenvalue weighted by atomic mass is 10.1. The Hall–Kier alpha value is -1.04. The fourth-order valence-corrected chi connectivity index (χ4v) is 1.67. The van der Waals surface area contributed by atoms with E-state index in [0.717, 1.165) is 5.56 Å². The summed E-state index contributed by atoms with van der Waals surface area (Å²) in [6, 6.07) is 4.42. The summed E-state index contributed by atoms with van der Waals surface area (Å²) < 4.78 is 13.1. The molecule has 5 heteroatoms. The van der Waals surface area contributed by atoms with Crippen molar-refractivity contribution in [1.82, 2.24) is 4.90 Å². The van der Waals surface area contributed by atoms with Gasteiger partial charge >= 0.3 is 0 Å². The summed E-state index contributed by atoms with van der Waals surface area (Å²) in [7, 11) is 1.88. The Kier molecular flexibility index (Phi) is 4.99. The van der Waals surface area contributed by atoms with Crippen LogP contribution in [0.3, 0.4) is 0 Å². The lowest BCUT2D eigenvalue weighted by molar-refractivity contribution is 0.154. The third-order valence-electron chi connectivity index (χ3n) is 2.77. The third kappa shape index (κ3) is 3.73. The maximum Gasteiger partial charge on any atom is 0.123 e. The first-order valence-corrected chi connectivity index (χ1v) is 5.76. The summed E-state index contributed by atoms with van der Waals surface area (Å²) in [4.78, 5) is 2.14. The largest absolute Gasteiger partial charge is 0.395 e. The lowest BCUT2D eigenvalue weighted by Crippen LogP contribution is -2.32. The zero-order chi connectivity index (χ0) is 13.0. The molecule has 1 rings (SSSR count). The molecule has 3 nitrogen and oxygen atoms in total. The van der Waals surface area contributed by atoms with Gasteiger partial charge in [-0.2, -0.15) is 0 Å². The molecule has 0 amide bonds. The second kappa shape index (κ2) is 6.05. The molecule has 0 aromatic heterocycles. The first-order chi connectivity index (χ1) is 7.95. The molecule has 0 aliphatic heterocycles. The van der Waals surface area contributed by atoms with Crippen LogP contribution in [-0.2, 0) is 6.54 Å². The second-order valence-corrected chi connectivity index (χ2v) is 4.55. The van der Waals surface area contributed by atoms with Crippen LogP contribution in [0.15, 0.2) is 18.2 Å². The van der Waals surface area contributed by atoms with E-state index in [1.54, 1.807) is 6.07 Å². The van der Waals surface area contributed by atoms with Crippen LogP contribution < -0.4 is 5.73 Å². The molecule has 0 aliphatic carbocycles. The molecule has 0 spiro atoms. The highest BCUT2D eigenvalue weighted by Crippen LogP contribution is 2.14. The second-order valence-electron chi connectivity index (χ2n) is 4.11. The number of nitrogens with two attached hydrogens (primary N) is 1. The van der Waals surface area contributed by atoms with Gasteiger partial charge in [0.25, 0.3) is 0 Å². The summed E-state index contributed by atoms with van der Waals surface area (Å²) in [5, 5.41) is 9.05. The van der Waals surface area contributed by atoms with Crippen molar-refractivity contribution in [2.24, 2.45) is 5.73 Å². The van der Waals surface area contributed by atoms with E-state index >= 15 is 0 Å². The third-order valence-corrected chi connectivity index (χ3v) is 2.99. The SMILES string of the molecule is CC(CO)N(C)Cc1ccc(F)cc1C(N)=S. The van der Waals surface area contributed by atoms with Crippen LogP contribution in [0.4, 0.5) is 4.39 Å². The van der Waals surface area contributed by atoms with Crippen LogP contribution in [-0.4, -0.2) is 34.7 Å². The summed E-state index contributed by atoms with van der Waals surface area (Å²) in [6.07, 6.45) is 0. The number of hydrogen-bond donors (Lipinski definition) is 2.